The molecule has 0 unspecified atom stereocenters. The van der Waals surface area contributed by atoms with Gasteiger partial charge in [-0.3, -0.25) is 0 Å². The summed E-state index contributed by atoms with van der Waals surface area (Å²) < 4.78 is 23.2. The zero-order valence-electron chi connectivity index (χ0n) is 14.2. The van der Waals surface area contributed by atoms with Crippen LogP contribution in [0.5, 0.6) is 11.5 Å². The van der Waals surface area contributed by atoms with Crippen LogP contribution in [0.4, 0.5) is 0 Å². The third kappa shape index (κ3) is 3.87. The average Bonchev–Trinajstić information content (AvgIpc) is 2.64. The molecule has 2 N–H and O–H groups in total. The fourth-order valence-corrected chi connectivity index (χ4v) is 3.48. The van der Waals surface area contributed by atoms with Crippen LogP contribution in [0.3, 0.4) is 0 Å². The first-order valence-corrected chi connectivity index (χ1v) is 9.15. The monoisotopic (exact) mass is 412 g/mol. The topological polar surface area (TPSA) is 77.4 Å². The van der Waals surface area contributed by atoms with Gasteiger partial charge in [0.25, 0.3) is 0 Å². The van der Waals surface area contributed by atoms with Crippen molar-refractivity contribution in [1.29, 1.82) is 0 Å². The fourth-order valence-electron chi connectivity index (χ4n) is 3.15. The van der Waals surface area contributed by atoms with Crippen LogP contribution in [0, 0.1) is 5.41 Å². The second-order valence-electron chi connectivity index (χ2n) is 6.81. The second kappa shape index (κ2) is 7.47. The third-order valence-electron chi connectivity index (χ3n) is 4.66. The van der Waals surface area contributed by atoms with Gasteiger partial charge in [-0.2, -0.15) is 0 Å². The molecule has 2 aromatic rings. The van der Waals surface area contributed by atoms with Crippen molar-refractivity contribution in [2.75, 3.05) is 26.4 Å². The van der Waals surface area contributed by atoms with E-state index in [4.69, 9.17) is 42.1 Å². The summed E-state index contributed by atoms with van der Waals surface area (Å²) in [5.41, 5.74) is 0.601. The number of phenolic OH excluding ortho intramolecular Hbond substituents is 2. The Labute approximate surface area is 166 Å². The highest BCUT2D eigenvalue weighted by molar-refractivity contribution is 6.31. The predicted octanol–water partition coefficient (Wildman–Crippen LogP) is 4.18. The van der Waals surface area contributed by atoms with E-state index < -0.39 is 18.0 Å². The van der Waals surface area contributed by atoms with Crippen LogP contribution in [0.25, 0.3) is 0 Å². The lowest BCUT2D eigenvalue weighted by molar-refractivity contribution is -0.307. The van der Waals surface area contributed by atoms with E-state index in [0.717, 1.165) is 0 Å². The standard InChI is InChI=1S/C19H18Cl2O6/c20-11-1-3-13(15(22)5-11)17-24-7-19(8-25-17)9-26-18(27-10-19)14-4-2-12(21)6-16(14)23/h1-6,17-18,22-23H,7-10H2. The van der Waals surface area contributed by atoms with Crippen LogP contribution in [-0.2, 0) is 18.9 Å². The van der Waals surface area contributed by atoms with Gasteiger partial charge >= 0.3 is 0 Å². The molecule has 0 aliphatic carbocycles. The highest BCUT2D eigenvalue weighted by Crippen LogP contribution is 2.41. The van der Waals surface area contributed by atoms with Crippen molar-refractivity contribution in [2.45, 2.75) is 12.6 Å². The Bertz CT molecular complexity index is 754. The summed E-state index contributed by atoms with van der Waals surface area (Å²) >= 11 is 11.7. The Balaban J connectivity index is 1.38. The van der Waals surface area contributed by atoms with Crippen LogP contribution in [0.1, 0.15) is 23.7 Å². The maximum Gasteiger partial charge on any atom is 0.187 e. The quantitative estimate of drug-likeness (QED) is 0.769. The number of hydrogen-bond donors (Lipinski definition) is 2. The minimum atomic E-state index is -0.675. The molecule has 0 saturated carbocycles. The first-order chi connectivity index (χ1) is 13.0. The minimum absolute atomic E-state index is 0.0258. The summed E-state index contributed by atoms with van der Waals surface area (Å²) in [6.07, 6.45) is -1.35. The molecule has 1 spiro atoms. The highest BCUT2D eigenvalue weighted by Gasteiger charge is 2.43. The van der Waals surface area contributed by atoms with Crippen molar-refractivity contribution in [3.63, 3.8) is 0 Å². The number of aromatic hydroxyl groups is 2. The van der Waals surface area contributed by atoms with Crippen LogP contribution < -0.4 is 0 Å². The van der Waals surface area contributed by atoms with Gasteiger partial charge in [0.15, 0.2) is 12.6 Å². The molecule has 2 aromatic carbocycles. The van der Waals surface area contributed by atoms with Gasteiger partial charge in [-0.15, -0.1) is 0 Å². The van der Waals surface area contributed by atoms with Crippen molar-refractivity contribution >= 4 is 23.2 Å². The first kappa shape index (κ1) is 18.8. The molecule has 0 amide bonds. The smallest absolute Gasteiger partial charge is 0.187 e. The lowest BCUT2D eigenvalue weighted by Gasteiger charge is -2.43. The maximum absolute atomic E-state index is 10.0. The van der Waals surface area contributed by atoms with Crippen LogP contribution in [0.15, 0.2) is 36.4 Å². The summed E-state index contributed by atoms with van der Waals surface area (Å²) in [6.45, 7) is 1.39. The van der Waals surface area contributed by atoms with Gasteiger partial charge < -0.3 is 29.2 Å². The number of benzene rings is 2. The van der Waals surface area contributed by atoms with Gasteiger partial charge in [0.05, 0.1) is 31.8 Å². The molecular weight excluding hydrogens is 395 g/mol. The number of phenols is 2. The van der Waals surface area contributed by atoms with E-state index in [0.29, 0.717) is 47.6 Å². The van der Waals surface area contributed by atoms with E-state index in [1.165, 1.54) is 12.1 Å². The van der Waals surface area contributed by atoms with E-state index in [-0.39, 0.29) is 11.5 Å². The van der Waals surface area contributed by atoms with Crippen molar-refractivity contribution < 1.29 is 29.2 Å². The molecule has 6 nitrogen and oxygen atoms in total. The number of halogens is 2. The van der Waals surface area contributed by atoms with Gasteiger partial charge in [-0.05, 0) is 36.4 Å². The number of rotatable bonds is 2. The lowest BCUT2D eigenvalue weighted by Crippen LogP contribution is -2.49. The molecule has 2 aliphatic heterocycles. The predicted molar refractivity (Wildman–Crippen MR) is 98.0 cm³/mol. The Morgan fingerprint density at radius 2 is 1.07 bits per heavy atom. The number of hydrogen-bond acceptors (Lipinski definition) is 6. The van der Waals surface area contributed by atoms with E-state index in [9.17, 15) is 10.2 Å². The molecule has 8 heteroatoms. The Morgan fingerprint density at radius 1 is 0.704 bits per heavy atom. The van der Waals surface area contributed by atoms with Gasteiger partial charge in [-0.25, -0.2) is 0 Å². The molecule has 2 fully saturated rings. The van der Waals surface area contributed by atoms with Gasteiger partial charge in [-0.1, -0.05) is 23.2 Å². The SMILES string of the molecule is Oc1cc(Cl)ccc1C1OCC2(CO1)COC(c1ccc(Cl)cc1O)OC2. The normalized spacial score (nSPS) is 28.4. The third-order valence-corrected chi connectivity index (χ3v) is 5.13. The van der Waals surface area contributed by atoms with Gasteiger partial charge in [0.2, 0.25) is 0 Å². The number of ether oxygens (including phenoxy) is 4. The summed E-state index contributed by atoms with van der Waals surface area (Å²) in [5.74, 6) is 0.0516. The Morgan fingerprint density at radius 3 is 1.41 bits per heavy atom. The molecule has 4 rings (SSSR count). The average molecular weight is 413 g/mol. The van der Waals surface area contributed by atoms with Crippen molar-refractivity contribution in [3.8, 4) is 11.5 Å². The Hall–Kier alpha value is -1.54. The lowest BCUT2D eigenvalue weighted by atomic mass is 9.90. The molecule has 2 aliphatic rings. The van der Waals surface area contributed by atoms with Crippen molar-refractivity contribution in [2.24, 2.45) is 5.41 Å². The second-order valence-corrected chi connectivity index (χ2v) is 7.69. The summed E-state index contributed by atoms with van der Waals surface area (Å²) in [4.78, 5) is 0. The molecule has 2 saturated heterocycles. The van der Waals surface area contributed by atoms with Gasteiger partial charge in [0.1, 0.15) is 11.5 Å². The molecule has 144 valence electrons. The molecule has 0 bridgehead atoms. The maximum atomic E-state index is 10.0. The van der Waals surface area contributed by atoms with E-state index >= 15 is 0 Å². The highest BCUT2D eigenvalue weighted by atomic mass is 35.5. The summed E-state index contributed by atoms with van der Waals surface area (Å²) in [6, 6.07) is 9.59. The molecule has 0 radical (unpaired) electrons. The Kier molecular flexibility index (Phi) is 5.20. The molecule has 27 heavy (non-hydrogen) atoms. The van der Waals surface area contributed by atoms with Crippen LogP contribution in [-0.4, -0.2) is 36.6 Å². The van der Waals surface area contributed by atoms with E-state index in [1.54, 1.807) is 24.3 Å². The molecule has 2 heterocycles. The van der Waals surface area contributed by atoms with Crippen molar-refractivity contribution in [3.05, 3.63) is 57.6 Å². The van der Waals surface area contributed by atoms with E-state index in [1.807, 2.05) is 0 Å². The fraction of sp³-hybridized carbons (Fsp3) is 0.368. The van der Waals surface area contributed by atoms with E-state index in [2.05, 4.69) is 0 Å². The summed E-state index contributed by atoms with van der Waals surface area (Å²) in [5, 5.41) is 20.9. The van der Waals surface area contributed by atoms with Crippen LogP contribution >= 0.6 is 23.2 Å². The zero-order chi connectivity index (χ0) is 19.0. The van der Waals surface area contributed by atoms with Crippen molar-refractivity contribution in [1.82, 2.24) is 0 Å². The largest absolute Gasteiger partial charge is 0.507 e. The van der Waals surface area contributed by atoms with Gasteiger partial charge in [0, 0.05) is 21.2 Å². The minimum Gasteiger partial charge on any atom is -0.507 e. The summed E-state index contributed by atoms with van der Waals surface area (Å²) in [7, 11) is 0. The molecular formula is C19H18Cl2O6. The molecule has 0 aromatic heterocycles. The first-order valence-electron chi connectivity index (χ1n) is 8.39. The molecule has 0 atom stereocenters. The zero-order valence-corrected chi connectivity index (χ0v) is 15.7. The van der Waals surface area contributed by atoms with Crippen LogP contribution in [0.2, 0.25) is 10.0 Å².